The summed E-state index contributed by atoms with van der Waals surface area (Å²) in [6.45, 7) is 11.9. The second-order valence-electron chi connectivity index (χ2n) is 7.11. The van der Waals surface area contributed by atoms with E-state index in [1.807, 2.05) is 13.1 Å². The fourth-order valence-corrected chi connectivity index (χ4v) is 3.44. The molecular formula is C21H31BrN2O. The Morgan fingerprint density at radius 1 is 1.08 bits per heavy atom. The summed E-state index contributed by atoms with van der Waals surface area (Å²) < 4.78 is 10.7. The monoisotopic (exact) mass is 406 g/mol. The number of rotatable bonds is 7. The minimum atomic E-state index is 0. The van der Waals surface area contributed by atoms with Gasteiger partial charge in [-0.3, -0.25) is 0 Å². The number of allylic oxidation sites excluding steroid dienone is 2. The highest BCUT2D eigenvalue weighted by Crippen LogP contribution is 2.29. The predicted molar refractivity (Wildman–Crippen MR) is 98.3 cm³/mol. The van der Waals surface area contributed by atoms with Crippen molar-refractivity contribution in [3.05, 3.63) is 65.9 Å². The molecule has 0 saturated heterocycles. The molecule has 1 heterocycles. The summed E-state index contributed by atoms with van der Waals surface area (Å²) >= 11 is 0. The Bertz CT molecular complexity index is 664. The van der Waals surface area contributed by atoms with Crippen LogP contribution in [0.5, 0.6) is 0 Å². The van der Waals surface area contributed by atoms with E-state index in [1.165, 1.54) is 11.1 Å². The zero-order valence-electron chi connectivity index (χ0n) is 16.2. The third-order valence-electron chi connectivity index (χ3n) is 4.34. The van der Waals surface area contributed by atoms with Crippen molar-refractivity contribution in [1.82, 2.24) is 4.57 Å². The summed E-state index contributed by atoms with van der Waals surface area (Å²) in [5, 5.41) is 0. The van der Waals surface area contributed by atoms with E-state index >= 15 is 0 Å². The number of nitrogens with zero attached hydrogens (tertiary/aromatic N) is 2. The average Bonchev–Trinajstić information content (AvgIpc) is 2.92. The van der Waals surface area contributed by atoms with Crippen molar-refractivity contribution in [1.29, 1.82) is 0 Å². The summed E-state index contributed by atoms with van der Waals surface area (Å²) in [6.07, 6.45) is 6.23. The van der Waals surface area contributed by atoms with Crippen LogP contribution in [0.25, 0.3) is 0 Å². The summed E-state index contributed by atoms with van der Waals surface area (Å²) in [5.74, 6) is 2.04. The van der Waals surface area contributed by atoms with E-state index in [4.69, 9.17) is 4.74 Å². The first kappa shape index (κ1) is 21.5. The molecule has 0 N–H and O–H groups in total. The normalized spacial score (nSPS) is 12.0. The Kier molecular flexibility index (Phi) is 8.43. The first-order valence-electron chi connectivity index (χ1n) is 8.81. The van der Waals surface area contributed by atoms with Crippen molar-refractivity contribution in [2.45, 2.75) is 47.3 Å². The van der Waals surface area contributed by atoms with Gasteiger partial charge in [-0.1, -0.05) is 58.0 Å². The minimum Gasteiger partial charge on any atom is -1.00 e. The standard InChI is InChI=1S/C21H31N2O.BrH/c1-16(2)21(17(3)4)18(5)24-20(19-10-8-7-9-11-19)14-23-13-12-22(6)15-23;/h7-13,15-17,20H,14H2,1-6H3;1H/q+1;/p-1. The van der Waals surface area contributed by atoms with Crippen LogP contribution >= 0.6 is 0 Å². The van der Waals surface area contributed by atoms with E-state index in [1.54, 1.807) is 0 Å². The Morgan fingerprint density at radius 2 is 1.68 bits per heavy atom. The Hall–Kier alpha value is -1.55. The van der Waals surface area contributed by atoms with Gasteiger partial charge in [-0.15, -0.1) is 0 Å². The van der Waals surface area contributed by atoms with Gasteiger partial charge < -0.3 is 21.7 Å². The maximum absolute atomic E-state index is 6.48. The van der Waals surface area contributed by atoms with Crippen molar-refractivity contribution in [3.63, 3.8) is 0 Å². The molecule has 1 unspecified atom stereocenters. The van der Waals surface area contributed by atoms with Gasteiger partial charge in [-0.25, -0.2) is 9.13 Å². The van der Waals surface area contributed by atoms with Crippen LogP contribution in [-0.2, 0) is 18.3 Å². The smallest absolute Gasteiger partial charge is 0.243 e. The van der Waals surface area contributed by atoms with Gasteiger partial charge in [0.25, 0.3) is 0 Å². The fraction of sp³-hybridized carbons (Fsp3) is 0.476. The number of imidazole rings is 1. The molecule has 0 spiro atoms. The molecule has 0 bridgehead atoms. The lowest BCUT2D eigenvalue weighted by molar-refractivity contribution is -0.671. The van der Waals surface area contributed by atoms with E-state index in [0.29, 0.717) is 11.8 Å². The van der Waals surface area contributed by atoms with Crippen molar-refractivity contribution in [3.8, 4) is 0 Å². The van der Waals surface area contributed by atoms with Gasteiger partial charge in [0.05, 0.1) is 12.8 Å². The minimum absolute atomic E-state index is 0. The van der Waals surface area contributed by atoms with Crippen LogP contribution in [0.2, 0.25) is 0 Å². The number of aromatic nitrogens is 2. The molecule has 0 saturated carbocycles. The van der Waals surface area contributed by atoms with Crippen LogP contribution < -0.4 is 21.5 Å². The molecule has 0 aliphatic rings. The molecule has 0 aliphatic heterocycles. The number of ether oxygens (including phenoxy) is 1. The highest BCUT2D eigenvalue weighted by molar-refractivity contribution is 5.19. The molecule has 1 aromatic heterocycles. The second kappa shape index (κ2) is 9.81. The number of hydrogen-bond acceptors (Lipinski definition) is 1. The largest absolute Gasteiger partial charge is 1.00 e. The zero-order valence-corrected chi connectivity index (χ0v) is 17.8. The summed E-state index contributed by atoms with van der Waals surface area (Å²) in [6, 6.07) is 10.5. The number of halogens is 1. The molecule has 0 radical (unpaired) electrons. The third-order valence-corrected chi connectivity index (χ3v) is 4.34. The van der Waals surface area contributed by atoms with Gasteiger partial charge in [-0.05, 0) is 29.9 Å². The van der Waals surface area contributed by atoms with Crippen molar-refractivity contribution in [2.24, 2.45) is 18.9 Å². The van der Waals surface area contributed by atoms with Crippen molar-refractivity contribution < 1.29 is 26.3 Å². The quantitative estimate of drug-likeness (QED) is 0.505. The van der Waals surface area contributed by atoms with E-state index in [0.717, 1.165) is 12.3 Å². The van der Waals surface area contributed by atoms with E-state index in [-0.39, 0.29) is 23.1 Å². The number of aryl methyl sites for hydroxylation is 1. The third kappa shape index (κ3) is 6.03. The summed E-state index contributed by atoms with van der Waals surface area (Å²) in [5.41, 5.74) is 2.61. The molecule has 0 aliphatic carbocycles. The molecule has 138 valence electrons. The van der Waals surface area contributed by atoms with Gasteiger partial charge in [0.1, 0.15) is 18.9 Å². The Balaban J connectivity index is 0.00000312. The Morgan fingerprint density at radius 3 is 2.16 bits per heavy atom. The van der Waals surface area contributed by atoms with Crippen LogP contribution in [0.15, 0.2) is 60.4 Å². The molecular weight excluding hydrogens is 376 g/mol. The average molecular weight is 407 g/mol. The van der Waals surface area contributed by atoms with Crippen LogP contribution in [0.4, 0.5) is 0 Å². The van der Waals surface area contributed by atoms with Crippen LogP contribution in [-0.4, -0.2) is 4.57 Å². The summed E-state index contributed by atoms with van der Waals surface area (Å²) in [4.78, 5) is 0. The number of benzene rings is 1. The lowest BCUT2D eigenvalue weighted by atomic mass is 9.91. The van der Waals surface area contributed by atoms with E-state index in [2.05, 4.69) is 86.7 Å². The first-order chi connectivity index (χ1) is 11.4. The molecule has 2 rings (SSSR count). The molecule has 25 heavy (non-hydrogen) atoms. The SMILES string of the molecule is CC(OC(Cn1cc[n+](C)c1)c1ccccc1)=C(C(C)C)C(C)C.[Br-]. The topological polar surface area (TPSA) is 18.0 Å². The maximum atomic E-state index is 6.48. The molecule has 0 amide bonds. The molecule has 2 aromatic rings. The van der Waals surface area contributed by atoms with Gasteiger partial charge >= 0.3 is 0 Å². The van der Waals surface area contributed by atoms with Gasteiger partial charge in [0.15, 0.2) is 6.10 Å². The molecule has 1 atom stereocenters. The fourth-order valence-electron chi connectivity index (χ4n) is 3.44. The highest BCUT2D eigenvalue weighted by atomic mass is 79.9. The zero-order chi connectivity index (χ0) is 17.7. The lowest BCUT2D eigenvalue weighted by Crippen LogP contribution is -3.00. The highest BCUT2D eigenvalue weighted by Gasteiger charge is 2.20. The lowest BCUT2D eigenvalue weighted by Gasteiger charge is -2.24. The van der Waals surface area contributed by atoms with Crippen LogP contribution in [0, 0.1) is 11.8 Å². The maximum Gasteiger partial charge on any atom is 0.243 e. The van der Waals surface area contributed by atoms with Gasteiger partial charge in [-0.2, -0.15) is 0 Å². The molecule has 0 fully saturated rings. The van der Waals surface area contributed by atoms with Crippen molar-refractivity contribution in [2.75, 3.05) is 0 Å². The second-order valence-corrected chi connectivity index (χ2v) is 7.11. The molecule has 1 aromatic carbocycles. The van der Waals surface area contributed by atoms with E-state index in [9.17, 15) is 0 Å². The van der Waals surface area contributed by atoms with Crippen LogP contribution in [0.3, 0.4) is 0 Å². The van der Waals surface area contributed by atoms with Crippen LogP contribution in [0.1, 0.15) is 46.3 Å². The molecule has 3 nitrogen and oxygen atoms in total. The molecule has 4 heteroatoms. The van der Waals surface area contributed by atoms with Gasteiger partial charge in [0, 0.05) is 0 Å². The first-order valence-corrected chi connectivity index (χ1v) is 8.81. The van der Waals surface area contributed by atoms with Crippen molar-refractivity contribution >= 4 is 0 Å². The predicted octanol–water partition coefficient (Wildman–Crippen LogP) is 1.66. The summed E-state index contributed by atoms with van der Waals surface area (Å²) in [7, 11) is 2.04. The van der Waals surface area contributed by atoms with Gasteiger partial charge in [0.2, 0.25) is 6.33 Å². The Labute approximate surface area is 163 Å². The van der Waals surface area contributed by atoms with E-state index < -0.39 is 0 Å². The number of hydrogen-bond donors (Lipinski definition) is 0.